The van der Waals surface area contributed by atoms with E-state index in [0.29, 0.717) is 6.21 Å². The van der Waals surface area contributed by atoms with Crippen LogP contribution < -0.4 is 0 Å². The SMILES string of the molecule is CC(=O)C(=O)/N=C\C(C)C(F)(F)F. The van der Waals surface area contributed by atoms with E-state index in [4.69, 9.17) is 0 Å². The zero-order chi connectivity index (χ0) is 10.6. The van der Waals surface area contributed by atoms with E-state index in [0.717, 1.165) is 13.8 Å². The van der Waals surface area contributed by atoms with Crippen molar-refractivity contribution in [1.29, 1.82) is 0 Å². The van der Waals surface area contributed by atoms with Gasteiger partial charge in [0.1, 0.15) is 0 Å². The van der Waals surface area contributed by atoms with E-state index in [1.54, 1.807) is 0 Å². The molecule has 3 nitrogen and oxygen atoms in total. The van der Waals surface area contributed by atoms with Crippen LogP contribution in [0.1, 0.15) is 13.8 Å². The normalized spacial score (nSPS) is 14.5. The number of carbonyl (C=O) groups excluding carboxylic acids is 2. The minimum atomic E-state index is -4.43. The highest BCUT2D eigenvalue weighted by molar-refractivity contribution is 6.36. The Labute approximate surface area is 72.6 Å². The number of halogens is 3. The average molecular weight is 195 g/mol. The Hall–Kier alpha value is -1.20. The molecule has 6 heteroatoms. The summed E-state index contributed by atoms with van der Waals surface area (Å²) in [7, 11) is 0. The lowest BCUT2D eigenvalue weighted by Gasteiger charge is -2.09. The van der Waals surface area contributed by atoms with Crippen molar-refractivity contribution in [3.8, 4) is 0 Å². The molecule has 1 amide bonds. The third-order valence-electron chi connectivity index (χ3n) is 1.23. The summed E-state index contributed by atoms with van der Waals surface area (Å²) >= 11 is 0. The molecule has 74 valence electrons. The average Bonchev–Trinajstić information content (AvgIpc) is 1.97. The van der Waals surface area contributed by atoms with Crippen molar-refractivity contribution in [3.63, 3.8) is 0 Å². The van der Waals surface area contributed by atoms with Crippen LogP contribution in [-0.2, 0) is 9.59 Å². The van der Waals surface area contributed by atoms with Gasteiger partial charge in [-0.3, -0.25) is 9.59 Å². The van der Waals surface area contributed by atoms with E-state index in [9.17, 15) is 22.8 Å². The second kappa shape index (κ2) is 4.15. The molecule has 0 bridgehead atoms. The van der Waals surface area contributed by atoms with Gasteiger partial charge in [-0.1, -0.05) is 0 Å². The first-order chi connectivity index (χ1) is 5.75. The molecular formula is C7H8F3NO2. The number of Topliss-reactive ketones (excluding diaryl/α,β-unsaturated/α-hetero) is 1. The molecule has 13 heavy (non-hydrogen) atoms. The zero-order valence-corrected chi connectivity index (χ0v) is 7.05. The van der Waals surface area contributed by atoms with Crippen LogP contribution in [0.5, 0.6) is 0 Å². The topological polar surface area (TPSA) is 46.5 Å². The van der Waals surface area contributed by atoms with E-state index < -0.39 is 23.8 Å². The molecule has 0 aliphatic carbocycles. The van der Waals surface area contributed by atoms with Gasteiger partial charge in [0.05, 0.1) is 5.92 Å². The number of aliphatic imine (C=N–C) groups is 1. The molecule has 0 spiro atoms. The Morgan fingerprint density at radius 3 is 2.15 bits per heavy atom. The standard InChI is InChI=1S/C7H8F3NO2/c1-4(7(8,9)10)3-11-6(13)5(2)12/h3-4H,1-2H3/b11-3-. The van der Waals surface area contributed by atoms with Crippen LogP contribution in [-0.4, -0.2) is 24.1 Å². The molecule has 0 aromatic heterocycles. The first-order valence-electron chi connectivity index (χ1n) is 3.41. The fourth-order valence-corrected chi connectivity index (χ4v) is 0.355. The van der Waals surface area contributed by atoms with Crippen LogP contribution >= 0.6 is 0 Å². The molecule has 1 unspecified atom stereocenters. The second-order valence-corrected chi connectivity index (χ2v) is 2.47. The van der Waals surface area contributed by atoms with Gasteiger partial charge in [-0.15, -0.1) is 0 Å². The summed E-state index contributed by atoms with van der Waals surface area (Å²) in [5.74, 6) is -3.88. The van der Waals surface area contributed by atoms with Crippen LogP contribution in [0.15, 0.2) is 4.99 Å². The predicted molar refractivity (Wildman–Crippen MR) is 39.4 cm³/mol. The van der Waals surface area contributed by atoms with Crippen LogP contribution in [0.3, 0.4) is 0 Å². The molecule has 0 radical (unpaired) electrons. The molecule has 0 saturated carbocycles. The maximum atomic E-state index is 11.8. The van der Waals surface area contributed by atoms with E-state index >= 15 is 0 Å². The highest BCUT2D eigenvalue weighted by atomic mass is 19.4. The molecule has 0 saturated heterocycles. The number of nitrogens with zero attached hydrogens (tertiary/aromatic N) is 1. The molecule has 0 aromatic carbocycles. The summed E-state index contributed by atoms with van der Waals surface area (Å²) < 4.78 is 35.4. The smallest absolute Gasteiger partial charge is 0.289 e. The first kappa shape index (κ1) is 11.8. The van der Waals surface area contributed by atoms with Gasteiger partial charge in [0.25, 0.3) is 0 Å². The van der Waals surface area contributed by atoms with Gasteiger partial charge >= 0.3 is 12.1 Å². The Bertz CT molecular complexity index is 245. The summed E-state index contributed by atoms with van der Waals surface area (Å²) in [6.45, 7) is 1.79. The van der Waals surface area contributed by atoms with Crippen molar-refractivity contribution < 1.29 is 22.8 Å². The monoisotopic (exact) mass is 195 g/mol. The summed E-state index contributed by atoms with van der Waals surface area (Å²) in [5.41, 5.74) is 0. The van der Waals surface area contributed by atoms with Gasteiger partial charge in [-0.25, -0.2) is 4.99 Å². The number of alkyl halides is 3. The molecular weight excluding hydrogens is 187 g/mol. The summed E-state index contributed by atoms with van der Waals surface area (Å²) in [6.07, 6.45) is -4.01. The van der Waals surface area contributed by atoms with Crippen LogP contribution in [0.4, 0.5) is 13.2 Å². The molecule has 0 N–H and O–H groups in total. The van der Waals surface area contributed by atoms with E-state index in [2.05, 4.69) is 4.99 Å². The number of ketones is 1. The van der Waals surface area contributed by atoms with Gasteiger partial charge < -0.3 is 0 Å². The van der Waals surface area contributed by atoms with Gasteiger partial charge in [0.15, 0.2) is 0 Å². The fourth-order valence-electron chi connectivity index (χ4n) is 0.355. The van der Waals surface area contributed by atoms with Crippen molar-refractivity contribution in [1.82, 2.24) is 0 Å². The minimum absolute atomic E-state index is 0.420. The minimum Gasteiger partial charge on any atom is -0.289 e. The van der Waals surface area contributed by atoms with E-state index in [-0.39, 0.29) is 0 Å². The molecule has 1 atom stereocenters. The lowest BCUT2D eigenvalue weighted by molar-refractivity contribution is -0.149. The van der Waals surface area contributed by atoms with Crippen LogP contribution in [0.2, 0.25) is 0 Å². The second-order valence-electron chi connectivity index (χ2n) is 2.47. The maximum Gasteiger partial charge on any atom is 0.396 e. The van der Waals surface area contributed by atoms with Crippen molar-refractivity contribution >= 4 is 17.9 Å². The van der Waals surface area contributed by atoms with Gasteiger partial charge in [-0.2, -0.15) is 13.2 Å². The van der Waals surface area contributed by atoms with Crippen molar-refractivity contribution in [3.05, 3.63) is 0 Å². The molecule has 0 aliphatic rings. The predicted octanol–water partition coefficient (Wildman–Crippen LogP) is 1.37. The summed E-state index contributed by atoms with van der Waals surface area (Å²) in [6, 6.07) is 0. The number of amides is 1. The number of hydrogen-bond acceptors (Lipinski definition) is 2. The molecule has 0 fully saturated rings. The largest absolute Gasteiger partial charge is 0.396 e. The number of hydrogen-bond donors (Lipinski definition) is 0. The Morgan fingerprint density at radius 2 is 1.85 bits per heavy atom. The first-order valence-corrected chi connectivity index (χ1v) is 3.41. The van der Waals surface area contributed by atoms with Crippen LogP contribution in [0.25, 0.3) is 0 Å². The third kappa shape index (κ3) is 4.39. The lowest BCUT2D eigenvalue weighted by Crippen LogP contribution is -2.21. The van der Waals surface area contributed by atoms with Gasteiger partial charge in [-0.05, 0) is 6.92 Å². The van der Waals surface area contributed by atoms with Crippen LogP contribution in [0, 0.1) is 5.92 Å². The fraction of sp³-hybridized carbons (Fsp3) is 0.571. The highest BCUT2D eigenvalue weighted by Crippen LogP contribution is 2.23. The molecule has 0 rings (SSSR count). The summed E-state index contributed by atoms with van der Waals surface area (Å²) in [4.78, 5) is 23.6. The third-order valence-corrected chi connectivity index (χ3v) is 1.23. The van der Waals surface area contributed by atoms with Crippen molar-refractivity contribution in [2.24, 2.45) is 10.9 Å². The maximum absolute atomic E-state index is 11.8. The molecule has 0 heterocycles. The zero-order valence-electron chi connectivity index (χ0n) is 7.05. The van der Waals surface area contributed by atoms with Gasteiger partial charge in [0, 0.05) is 13.1 Å². The summed E-state index contributed by atoms with van der Waals surface area (Å²) in [5, 5.41) is 0. The van der Waals surface area contributed by atoms with Gasteiger partial charge in [0.2, 0.25) is 5.78 Å². The number of rotatable bonds is 2. The Morgan fingerprint density at radius 1 is 1.38 bits per heavy atom. The van der Waals surface area contributed by atoms with Crippen molar-refractivity contribution in [2.45, 2.75) is 20.0 Å². The lowest BCUT2D eigenvalue weighted by atomic mass is 10.2. The van der Waals surface area contributed by atoms with E-state index in [1.165, 1.54) is 0 Å². The quantitative estimate of drug-likeness (QED) is 0.493. The van der Waals surface area contributed by atoms with E-state index in [1.807, 2.05) is 0 Å². The Balaban J connectivity index is 4.29. The Kier molecular flexibility index (Phi) is 3.77. The number of carbonyl (C=O) groups is 2. The molecule has 0 aliphatic heterocycles. The molecule has 0 aromatic rings. The van der Waals surface area contributed by atoms with Crippen molar-refractivity contribution in [2.75, 3.05) is 0 Å². The highest BCUT2D eigenvalue weighted by Gasteiger charge is 2.34.